The van der Waals surface area contributed by atoms with Crippen molar-refractivity contribution in [3.63, 3.8) is 0 Å². The zero-order chi connectivity index (χ0) is 28.9. The molecule has 1 aromatic rings. The first-order valence-electron chi connectivity index (χ1n) is 13.6. The molecule has 39 heavy (non-hydrogen) atoms. The molecule has 11 nitrogen and oxygen atoms in total. The summed E-state index contributed by atoms with van der Waals surface area (Å²) >= 11 is 1.47. The number of nitrogens with zero attached hydrogens (tertiary/aromatic N) is 3. The van der Waals surface area contributed by atoms with Gasteiger partial charge in [0.25, 0.3) is 5.09 Å². The molecule has 0 saturated carbocycles. The quantitative estimate of drug-likeness (QED) is 0.0883. The van der Waals surface area contributed by atoms with E-state index in [-0.39, 0.29) is 24.8 Å². The van der Waals surface area contributed by atoms with Crippen molar-refractivity contribution >= 4 is 29.4 Å². The SMILES string of the molecule is CCCCC(NC(CCc1ccccc1)C(=O)N=O)C(=O)N(CCCC)CC(=O)CCCSCCO[N+](=O)[O-]. The first-order valence-corrected chi connectivity index (χ1v) is 14.8. The van der Waals surface area contributed by atoms with Crippen LogP contribution in [0.25, 0.3) is 0 Å². The van der Waals surface area contributed by atoms with Crippen LogP contribution >= 0.6 is 11.8 Å². The summed E-state index contributed by atoms with van der Waals surface area (Å²) in [6.07, 6.45) is 5.39. The maximum atomic E-state index is 13.6. The monoisotopic (exact) mass is 566 g/mol. The van der Waals surface area contributed by atoms with Crippen molar-refractivity contribution in [3.05, 3.63) is 50.9 Å². The summed E-state index contributed by atoms with van der Waals surface area (Å²) in [6, 6.07) is 7.97. The highest BCUT2D eigenvalue weighted by atomic mass is 32.2. The maximum absolute atomic E-state index is 13.6. The van der Waals surface area contributed by atoms with Crippen LogP contribution in [0, 0.1) is 15.0 Å². The van der Waals surface area contributed by atoms with Crippen molar-refractivity contribution in [1.29, 1.82) is 0 Å². The number of hydrogen-bond acceptors (Lipinski definition) is 9. The summed E-state index contributed by atoms with van der Waals surface area (Å²) in [6.45, 7) is 4.42. The largest absolute Gasteiger partial charge is 0.334 e. The highest BCUT2D eigenvalue weighted by Gasteiger charge is 2.30. The molecule has 0 heterocycles. The van der Waals surface area contributed by atoms with Crippen LogP contribution in [0.15, 0.2) is 35.5 Å². The zero-order valence-corrected chi connectivity index (χ0v) is 23.9. The standard InChI is InChI=1S/C27H42N4O7S/c1-3-5-14-25(28-24(26(33)29-35)16-15-22-11-8-7-9-12-22)27(34)30(17-6-4-2)21-23(32)13-10-19-39-20-18-38-31(36)37/h7-9,11-12,24-25,28H,3-6,10,13-21H2,1-2H3. The second kappa shape index (κ2) is 21.0. The van der Waals surface area contributed by atoms with Crippen molar-refractivity contribution in [2.45, 2.75) is 83.7 Å². The van der Waals surface area contributed by atoms with Gasteiger partial charge in [0, 0.05) is 23.9 Å². The summed E-state index contributed by atoms with van der Waals surface area (Å²) in [4.78, 5) is 65.9. The molecular weight excluding hydrogens is 524 g/mol. The lowest BCUT2D eigenvalue weighted by atomic mass is 10.0. The molecule has 1 N–H and O–H groups in total. The smallest absolute Gasteiger partial charge is 0.303 e. The molecule has 218 valence electrons. The third kappa shape index (κ3) is 15.4. The zero-order valence-electron chi connectivity index (χ0n) is 23.0. The predicted molar refractivity (Wildman–Crippen MR) is 152 cm³/mol. The molecular formula is C27H42N4O7S. The van der Waals surface area contributed by atoms with Gasteiger partial charge in [-0.1, -0.05) is 63.4 Å². The molecule has 0 bridgehead atoms. The summed E-state index contributed by atoms with van der Waals surface area (Å²) in [5.41, 5.74) is 1.01. The van der Waals surface area contributed by atoms with Gasteiger partial charge in [0.15, 0.2) is 5.78 Å². The van der Waals surface area contributed by atoms with E-state index in [9.17, 15) is 29.4 Å². The molecule has 1 aromatic carbocycles. The highest BCUT2D eigenvalue weighted by molar-refractivity contribution is 7.99. The minimum Gasteiger partial charge on any atom is -0.334 e. The number of aryl methyl sites for hydroxylation is 1. The number of amides is 2. The fourth-order valence-corrected chi connectivity index (χ4v) is 4.74. The van der Waals surface area contributed by atoms with Crippen LogP contribution in [0.5, 0.6) is 0 Å². The second-order valence-corrected chi connectivity index (χ2v) is 10.5. The van der Waals surface area contributed by atoms with Crippen molar-refractivity contribution in [2.75, 3.05) is 31.2 Å². The molecule has 2 atom stereocenters. The van der Waals surface area contributed by atoms with Gasteiger partial charge in [0.1, 0.15) is 6.61 Å². The van der Waals surface area contributed by atoms with Gasteiger partial charge in [-0.2, -0.15) is 11.8 Å². The van der Waals surface area contributed by atoms with Crippen molar-refractivity contribution < 1.29 is 24.3 Å². The van der Waals surface area contributed by atoms with Crippen LogP contribution in [0.1, 0.15) is 70.8 Å². The fourth-order valence-electron chi connectivity index (χ4n) is 4.00. The van der Waals surface area contributed by atoms with E-state index < -0.39 is 23.1 Å². The van der Waals surface area contributed by atoms with Gasteiger partial charge in [-0.25, -0.2) is 0 Å². The van der Waals surface area contributed by atoms with Gasteiger partial charge in [0.2, 0.25) is 5.91 Å². The van der Waals surface area contributed by atoms with E-state index in [0.717, 1.165) is 31.2 Å². The molecule has 1 rings (SSSR count). The number of carbonyl (C=O) groups is 3. The molecule has 0 spiro atoms. The molecule has 0 radical (unpaired) electrons. The third-order valence-electron chi connectivity index (χ3n) is 6.13. The Bertz CT molecular complexity index is 888. The number of nitrogens with one attached hydrogen (secondary N) is 1. The van der Waals surface area contributed by atoms with E-state index in [1.54, 1.807) is 4.90 Å². The molecule has 0 aliphatic carbocycles. The molecule has 0 aliphatic rings. The topological polar surface area (TPSA) is 148 Å². The van der Waals surface area contributed by atoms with E-state index in [2.05, 4.69) is 15.3 Å². The van der Waals surface area contributed by atoms with Gasteiger partial charge in [-0.15, -0.1) is 15.0 Å². The van der Waals surface area contributed by atoms with E-state index in [0.29, 0.717) is 50.2 Å². The van der Waals surface area contributed by atoms with Crippen LogP contribution < -0.4 is 5.32 Å². The van der Waals surface area contributed by atoms with Gasteiger partial charge in [-0.05, 0) is 43.4 Å². The van der Waals surface area contributed by atoms with Crippen molar-refractivity contribution in [1.82, 2.24) is 10.2 Å². The Balaban J connectivity index is 2.81. The average Bonchev–Trinajstić information content (AvgIpc) is 2.94. The summed E-state index contributed by atoms with van der Waals surface area (Å²) in [5, 5.41) is 15.1. The lowest BCUT2D eigenvalue weighted by Gasteiger charge is -2.29. The molecule has 2 unspecified atom stereocenters. The van der Waals surface area contributed by atoms with Crippen LogP contribution in [0.4, 0.5) is 0 Å². The number of nitroso groups, excluding NO2 is 1. The van der Waals surface area contributed by atoms with Crippen molar-refractivity contribution in [3.8, 4) is 0 Å². The van der Waals surface area contributed by atoms with Crippen LogP contribution in [-0.2, 0) is 25.6 Å². The summed E-state index contributed by atoms with van der Waals surface area (Å²) in [7, 11) is 0. The Kier molecular flexibility index (Phi) is 18.4. The average molecular weight is 567 g/mol. The van der Waals surface area contributed by atoms with Gasteiger partial charge in [-0.3, -0.25) is 19.7 Å². The van der Waals surface area contributed by atoms with Gasteiger partial charge >= 0.3 is 5.91 Å². The van der Waals surface area contributed by atoms with E-state index in [4.69, 9.17) is 0 Å². The molecule has 0 saturated heterocycles. The van der Waals surface area contributed by atoms with Crippen LogP contribution in [-0.4, -0.2) is 70.9 Å². The Morgan fingerprint density at radius 1 is 1.05 bits per heavy atom. The van der Waals surface area contributed by atoms with E-state index in [1.807, 2.05) is 44.2 Å². The Morgan fingerprint density at radius 3 is 2.41 bits per heavy atom. The molecule has 12 heteroatoms. The number of thioether (sulfide) groups is 1. The predicted octanol–water partition coefficient (Wildman–Crippen LogP) is 4.35. The fraction of sp³-hybridized carbons (Fsp3) is 0.667. The van der Waals surface area contributed by atoms with E-state index >= 15 is 0 Å². The lowest BCUT2D eigenvalue weighted by molar-refractivity contribution is -0.756. The number of ketones is 1. The van der Waals surface area contributed by atoms with E-state index in [1.165, 1.54) is 11.8 Å². The summed E-state index contributed by atoms with van der Waals surface area (Å²) in [5.74, 6) is -0.0409. The summed E-state index contributed by atoms with van der Waals surface area (Å²) < 4.78 is 0. The lowest BCUT2D eigenvalue weighted by Crippen LogP contribution is -2.53. The number of rotatable bonds is 23. The minimum absolute atomic E-state index is 0.00548. The number of Topliss-reactive ketones (excluding diaryl/α,β-unsaturated/α-hetero) is 1. The Labute approximate surface area is 234 Å². The normalized spacial score (nSPS) is 12.4. The molecule has 0 fully saturated rings. The Hall–Kier alpha value is -2.86. The minimum atomic E-state index is -0.895. The highest BCUT2D eigenvalue weighted by Crippen LogP contribution is 2.13. The van der Waals surface area contributed by atoms with Gasteiger partial charge in [0.05, 0.1) is 18.6 Å². The molecule has 0 aromatic heterocycles. The van der Waals surface area contributed by atoms with Crippen LogP contribution in [0.3, 0.4) is 0 Å². The number of hydrogen-bond donors (Lipinski definition) is 1. The third-order valence-corrected chi connectivity index (χ3v) is 7.16. The number of carbonyl (C=O) groups excluding carboxylic acids is 3. The van der Waals surface area contributed by atoms with Crippen LogP contribution in [0.2, 0.25) is 0 Å². The molecule has 2 amide bonds. The first kappa shape index (κ1) is 34.2. The number of unbranched alkanes of at least 4 members (excludes halogenated alkanes) is 2. The number of benzene rings is 1. The Morgan fingerprint density at radius 2 is 1.77 bits per heavy atom. The first-order chi connectivity index (χ1) is 18.8. The van der Waals surface area contributed by atoms with Gasteiger partial charge < -0.3 is 9.74 Å². The maximum Gasteiger partial charge on any atom is 0.303 e. The van der Waals surface area contributed by atoms with Crippen molar-refractivity contribution in [2.24, 2.45) is 5.18 Å². The second-order valence-electron chi connectivity index (χ2n) is 9.29. The molecule has 0 aliphatic heterocycles.